The summed E-state index contributed by atoms with van der Waals surface area (Å²) in [5.74, 6) is 1.76. The summed E-state index contributed by atoms with van der Waals surface area (Å²) in [6.07, 6.45) is 2.66. The largest absolute Gasteiger partial charge is 0.492 e. The first kappa shape index (κ1) is 13.4. The van der Waals surface area contributed by atoms with Crippen LogP contribution in [0, 0.1) is 12.8 Å². The summed E-state index contributed by atoms with van der Waals surface area (Å²) in [7, 11) is 0. The lowest BCUT2D eigenvalue weighted by Gasteiger charge is -2.22. The highest BCUT2D eigenvalue weighted by Gasteiger charge is 2.11. The van der Waals surface area contributed by atoms with Crippen molar-refractivity contribution >= 4 is 0 Å². The molecule has 1 aromatic carbocycles. The van der Waals surface area contributed by atoms with Crippen LogP contribution in [-0.4, -0.2) is 32.8 Å². The van der Waals surface area contributed by atoms with Crippen molar-refractivity contribution in [1.29, 1.82) is 0 Å². The average Bonchev–Trinajstić information content (AvgIpc) is 2.40. The average molecular weight is 248 g/mol. The van der Waals surface area contributed by atoms with E-state index in [4.69, 9.17) is 4.74 Å². The second-order valence-corrected chi connectivity index (χ2v) is 5.08. The first-order chi connectivity index (χ1) is 8.84. The molecule has 2 N–H and O–H groups in total. The minimum absolute atomic E-state index is 0.740. The van der Waals surface area contributed by atoms with Gasteiger partial charge >= 0.3 is 0 Å². The molecule has 1 atom stereocenters. The standard InChI is InChI=1S/C15H24N2O/c1-13-4-2-6-15(10-13)18-9-8-17-12-14-5-3-7-16-11-14/h2,4,6,10,14,16-17H,3,5,7-9,11-12H2,1H3. The van der Waals surface area contributed by atoms with Gasteiger partial charge in [0.2, 0.25) is 0 Å². The third kappa shape index (κ3) is 4.67. The number of hydrogen-bond donors (Lipinski definition) is 2. The molecule has 0 radical (unpaired) electrons. The fourth-order valence-electron chi connectivity index (χ4n) is 2.35. The van der Waals surface area contributed by atoms with Crippen LogP contribution >= 0.6 is 0 Å². The second-order valence-electron chi connectivity index (χ2n) is 5.08. The summed E-state index contributed by atoms with van der Waals surface area (Å²) >= 11 is 0. The van der Waals surface area contributed by atoms with E-state index in [1.54, 1.807) is 0 Å². The van der Waals surface area contributed by atoms with Gasteiger partial charge in [-0.25, -0.2) is 0 Å². The second kappa shape index (κ2) is 7.39. The van der Waals surface area contributed by atoms with Gasteiger partial charge in [-0.2, -0.15) is 0 Å². The van der Waals surface area contributed by atoms with Crippen molar-refractivity contribution in [2.45, 2.75) is 19.8 Å². The van der Waals surface area contributed by atoms with Crippen LogP contribution in [0.3, 0.4) is 0 Å². The molecule has 1 aromatic rings. The van der Waals surface area contributed by atoms with Gasteiger partial charge in [-0.05, 0) is 63.0 Å². The predicted octanol–water partition coefficient (Wildman–Crippen LogP) is 1.96. The first-order valence-corrected chi connectivity index (χ1v) is 6.95. The SMILES string of the molecule is Cc1cccc(OCCNCC2CCCNC2)c1. The third-order valence-electron chi connectivity index (χ3n) is 3.37. The zero-order chi connectivity index (χ0) is 12.6. The Labute approximate surface area is 110 Å². The lowest BCUT2D eigenvalue weighted by atomic mass is 10.00. The molecule has 3 heteroatoms. The zero-order valence-corrected chi connectivity index (χ0v) is 11.2. The topological polar surface area (TPSA) is 33.3 Å². The van der Waals surface area contributed by atoms with E-state index < -0.39 is 0 Å². The number of hydrogen-bond acceptors (Lipinski definition) is 3. The van der Waals surface area contributed by atoms with E-state index in [0.717, 1.165) is 37.9 Å². The van der Waals surface area contributed by atoms with Gasteiger partial charge in [-0.15, -0.1) is 0 Å². The molecular weight excluding hydrogens is 224 g/mol. The van der Waals surface area contributed by atoms with Crippen LogP contribution in [-0.2, 0) is 0 Å². The molecule has 18 heavy (non-hydrogen) atoms. The monoisotopic (exact) mass is 248 g/mol. The number of aryl methyl sites for hydroxylation is 1. The lowest BCUT2D eigenvalue weighted by Crippen LogP contribution is -2.37. The molecule has 1 aliphatic heterocycles. The van der Waals surface area contributed by atoms with Crippen molar-refractivity contribution in [3.05, 3.63) is 29.8 Å². The Balaban J connectivity index is 1.55. The van der Waals surface area contributed by atoms with E-state index >= 15 is 0 Å². The van der Waals surface area contributed by atoms with Gasteiger partial charge in [0.25, 0.3) is 0 Å². The van der Waals surface area contributed by atoms with Crippen molar-refractivity contribution in [2.75, 3.05) is 32.8 Å². The molecular formula is C15H24N2O. The minimum atomic E-state index is 0.740. The van der Waals surface area contributed by atoms with Gasteiger partial charge in [0, 0.05) is 6.54 Å². The number of ether oxygens (including phenoxy) is 1. The predicted molar refractivity (Wildman–Crippen MR) is 75.1 cm³/mol. The van der Waals surface area contributed by atoms with Crippen molar-refractivity contribution < 1.29 is 4.74 Å². The van der Waals surface area contributed by atoms with Crippen LogP contribution < -0.4 is 15.4 Å². The maximum atomic E-state index is 5.70. The molecule has 1 saturated heterocycles. The van der Waals surface area contributed by atoms with E-state index in [9.17, 15) is 0 Å². The Kier molecular flexibility index (Phi) is 5.49. The molecule has 0 bridgehead atoms. The third-order valence-corrected chi connectivity index (χ3v) is 3.37. The molecule has 0 aliphatic carbocycles. The van der Waals surface area contributed by atoms with Crippen LogP contribution in [0.5, 0.6) is 5.75 Å². The molecule has 1 fully saturated rings. The summed E-state index contributed by atoms with van der Waals surface area (Å²) in [5, 5.41) is 6.91. The molecule has 1 unspecified atom stereocenters. The summed E-state index contributed by atoms with van der Waals surface area (Å²) in [4.78, 5) is 0. The van der Waals surface area contributed by atoms with Crippen LogP contribution in [0.2, 0.25) is 0 Å². The molecule has 0 saturated carbocycles. The molecule has 1 aliphatic rings. The highest BCUT2D eigenvalue weighted by molar-refractivity contribution is 5.27. The summed E-state index contributed by atoms with van der Waals surface area (Å²) in [5.41, 5.74) is 1.24. The normalized spacial score (nSPS) is 19.7. The highest BCUT2D eigenvalue weighted by Crippen LogP contribution is 2.12. The molecule has 3 nitrogen and oxygen atoms in total. The van der Waals surface area contributed by atoms with Crippen molar-refractivity contribution in [3.63, 3.8) is 0 Å². The van der Waals surface area contributed by atoms with E-state index in [-0.39, 0.29) is 0 Å². The van der Waals surface area contributed by atoms with Gasteiger partial charge in [0.05, 0.1) is 0 Å². The first-order valence-electron chi connectivity index (χ1n) is 6.95. The molecule has 0 aromatic heterocycles. The Bertz CT molecular complexity index is 348. The zero-order valence-electron chi connectivity index (χ0n) is 11.2. The molecule has 0 spiro atoms. The van der Waals surface area contributed by atoms with Gasteiger partial charge in [-0.1, -0.05) is 12.1 Å². The summed E-state index contributed by atoms with van der Waals surface area (Å²) in [6.45, 7) is 7.19. The fraction of sp³-hybridized carbons (Fsp3) is 0.600. The van der Waals surface area contributed by atoms with Gasteiger partial charge in [0.15, 0.2) is 0 Å². The maximum Gasteiger partial charge on any atom is 0.119 e. The molecule has 100 valence electrons. The molecule has 0 amide bonds. The summed E-state index contributed by atoms with van der Waals surface area (Å²) < 4.78 is 5.70. The maximum absolute atomic E-state index is 5.70. The van der Waals surface area contributed by atoms with Gasteiger partial charge in [0.1, 0.15) is 12.4 Å². The van der Waals surface area contributed by atoms with Crippen LogP contribution in [0.25, 0.3) is 0 Å². The van der Waals surface area contributed by atoms with Gasteiger partial charge < -0.3 is 15.4 Å². The van der Waals surface area contributed by atoms with E-state index in [2.05, 4.69) is 29.7 Å². The number of benzene rings is 1. The smallest absolute Gasteiger partial charge is 0.119 e. The Hall–Kier alpha value is -1.06. The Morgan fingerprint density at radius 2 is 2.39 bits per heavy atom. The van der Waals surface area contributed by atoms with Crippen LogP contribution in [0.1, 0.15) is 18.4 Å². The fourth-order valence-corrected chi connectivity index (χ4v) is 2.35. The van der Waals surface area contributed by atoms with Crippen molar-refractivity contribution in [2.24, 2.45) is 5.92 Å². The molecule has 1 heterocycles. The Morgan fingerprint density at radius 1 is 1.44 bits per heavy atom. The highest BCUT2D eigenvalue weighted by atomic mass is 16.5. The van der Waals surface area contributed by atoms with Crippen molar-refractivity contribution in [3.8, 4) is 5.75 Å². The minimum Gasteiger partial charge on any atom is -0.492 e. The van der Waals surface area contributed by atoms with Crippen LogP contribution in [0.15, 0.2) is 24.3 Å². The van der Waals surface area contributed by atoms with E-state index in [1.807, 2.05) is 12.1 Å². The molecule has 2 rings (SSSR count). The van der Waals surface area contributed by atoms with E-state index in [0.29, 0.717) is 0 Å². The number of piperidine rings is 1. The summed E-state index contributed by atoms with van der Waals surface area (Å²) in [6, 6.07) is 8.20. The van der Waals surface area contributed by atoms with E-state index in [1.165, 1.54) is 24.9 Å². The number of rotatable bonds is 6. The Morgan fingerprint density at radius 3 is 3.17 bits per heavy atom. The lowest BCUT2D eigenvalue weighted by molar-refractivity contribution is 0.299. The van der Waals surface area contributed by atoms with Gasteiger partial charge in [-0.3, -0.25) is 0 Å². The van der Waals surface area contributed by atoms with Crippen molar-refractivity contribution in [1.82, 2.24) is 10.6 Å². The quantitative estimate of drug-likeness (QED) is 0.755. The van der Waals surface area contributed by atoms with Crippen LogP contribution in [0.4, 0.5) is 0 Å². The number of nitrogens with one attached hydrogen (secondary N) is 2.